The van der Waals surface area contributed by atoms with Gasteiger partial charge in [0.1, 0.15) is 0 Å². The highest BCUT2D eigenvalue weighted by molar-refractivity contribution is 5.91. The molecule has 128 valence electrons. The van der Waals surface area contributed by atoms with Crippen molar-refractivity contribution < 1.29 is 14.7 Å². The fourth-order valence-electron chi connectivity index (χ4n) is 2.47. The molecule has 5 heteroatoms. The molecule has 0 aliphatic heterocycles. The average Bonchev–Trinajstić information content (AvgIpc) is 2.46. The van der Waals surface area contributed by atoms with E-state index in [1.807, 2.05) is 18.2 Å². The van der Waals surface area contributed by atoms with E-state index in [1.165, 1.54) is 4.90 Å². The van der Waals surface area contributed by atoms with Crippen molar-refractivity contribution in [3.05, 3.63) is 29.3 Å². The number of nitrogens with zero attached hydrogens (tertiary/aromatic N) is 1. The van der Waals surface area contributed by atoms with E-state index in [1.54, 1.807) is 14.0 Å². The summed E-state index contributed by atoms with van der Waals surface area (Å²) in [5, 5.41) is 12.0. The van der Waals surface area contributed by atoms with E-state index in [0.29, 0.717) is 0 Å². The monoisotopic (exact) mass is 320 g/mol. The first-order valence-corrected chi connectivity index (χ1v) is 8.02. The molecule has 23 heavy (non-hydrogen) atoms. The summed E-state index contributed by atoms with van der Waals surface area (Å²) >= 11 is 0. The van der Waals surface area contributed by atoms with Gasteiger partial charge in [0.15, 0.2) is 0 Å². The molecule has 1 rings (SSSR count). The van der Waals surface area contributed by atoms with Gasteiger partial charge in [-0.1, -0.05) is 52.8 Å². The minimum absolute atomic E-state index is 0.169. The number of rotatable bonds is 6. The van der Waals surface area contributed by atoms with Gasteiger partial charge in [-0.15, -0.1) is 0 Å². The van der Waals surface area contributed by atoms with Crippen molar-refractivity contribution in [1.29, 1.82) is 0 Å². The van der Waals surface area contributed by atoms with Gasteiger partial charge in [0, 0.05) is 19.3 Å². The number of aliphatic carboxylic acids is 1. The van der Waals surface area contributed by atoms with Gasteiger partial charge in [0.05, 0.1) is 5.92 Å². The van der Waals surface area contributed by atoms with Crippen molar-refractivity contribution in [3.63, 3.8) is 0 Å². The third-order valence-corrected chi connectivity index (χ3v) is 3.92. The molecule has 0 saturated carbocycles. The predicted octanol–water partition coefficient (Wildman–Crippen LogP) is 4.12. The molecule has 5 nitrogen and oxygen atoms in total. The number of carbonyl (C=O) groups excluding carboxylic acids is 1. The summed E-state index contributed by atoms with van der Waals surface area (Å²) < 4.78 is 0. The Labute approximate surface area is 138 Å². The Morgan fingerprint density at radius 1 is 1.09 bits per heavy atom. The molecular weight excluding hydrogens is 292 g/mol. The second kappa shape index (κ2) is 7.99. The normalized spacial score (nSPS) is 12.3. The fourth-order valence-corrected chi connectivity index (χ4v) is 2.47. The smallest absolute Gasteiger partial charge is 0.321 e. The molecule has 2 N–H and O–H groups in total. The van der Waals surface area contributed by atoms with Crippen LogP contribution in [-0.4, -0.2) is 35.6 Å². The van der Waals surface area contributed by atoms with Crippen molar-refractivity contribution >= 4 is 17.7 Å². The number of para-hydroxylation sites is 1. The number of urea groups is 1. The first kappa shape index (κ1) is 19.0. The van der Waals surface area contributed by atoms with Crippen LogP contribution in [0.4, 0.5) is 10.5 Å². The molecular formula is C18H28N2O3. The Bertz CT molecular complexity index is 541. The second-order valence-corrected chi connectivity index (χ2v) is 6.67. The topological polar surface area (TPSA) is 69.6 Å². The van der Waals surface area contributed by atoms with Crippen LogP contribution in [0.1, 0.15) is 57.6 Å². The summed E-state index contributed by atoms with van der Waals surface area (Å²) in [6, 6.07) is 5.77. The van der Waals surface area contributed by atoms with Gasteiger partial charge in [-0.25, -0.2) is 4.79 Å². The fraction of sp³-hybridized carbons (Fsp3) is 0.556. The number of nitrogens with one attached hydrogen (secondary N) is 1. The Morgan fingerprint density at radius 2 is 1.57 bits per heavy atom. The Morgan fingerprint density at radius 3 is 1.96 bits per heavy atom. The van der Waals surface area contributed by atoms with Gasteiger partial charge in [-0.2, -0.15) is 0 Å². The van der Waals surface area contributed by atoms with Crippen molar-refractivity contribution in [2.45, 2.75) is 46.5 Å². The van der Waals surface area contributed by atoms with Crippen LogP contribution in [0.25, 0.3) is 0 Å². The van der Waals surface area contributed by atoms with E-state index in [-0.39, 0.29) is 24.4 Å². The number of hydrogen-bond donors (Lipinski definition) is 2. The highest BCUT2D eigenvalue weighted by atomic mass is 16.4. The Balaban J connectivity index is 3.03. The lowest BCUT2D eigenvalue weighted by atomic mass is 9.93. The molecule has 0 radical (unpaired) electrons. The van der Waals surface area contributed by atoms with E-state index in [4.69, 9.17) is 5.11 Å². The molecule has 1 unspecified atom stereocenters. The summed E-state index contributed by atoms with van der Waals surface area (Å²) in [5.74, 6) is -0.940. The molecule has 0 fully saturated rings. The van der Waals surface area contributed by atoms with Gasteiger partial charge < -0.3 is 15.3 Å². The Kier molecular flexibility index (Phi) is 6.61. The van der Waals surface area contributed by atoms with Crippen LogP contribution in [0.5, 0.6) is 0 Å². The van der Waals surface area contributed by atoms with Crippen LogP contribution >= 0.6 is 0 Å². The molecule has 0 bridgehead atoms. The highest BCUT2D eigenvalue weighted by Crippen LogP contribution is 2.32. The van der Waals surface area contributed by atoms with Crippen molar-refractivity contribution in [1.82, 2.24) is 4.90 Å². The number of carboxylic acid groups (broad SMARTS) is 1. The van der Waals surface area contributed by atoms with Gasteiger partial charge in [0.2, 0.25) is 0 Å². The second-order valence-electron chi connectivity index (χ2n) is 6.67. The van der Waals surface area contributed by atoms with E-state index in [9.17, 15) is 9.59 Å². The summed E-state index contributed by atoms with van der Waals surface area (Å²) in [6.45, 7) is 10.1. The van der Waals surface area contributed by atoms with Crippen LogP contribution in [0.3, 0.4) is 0 Å². The zero-order valence-corrected chi connectivity index (χ0v) is 14.9. The van der Waals surface area contributed by atoms with E-state index in [2.05, 4.69) is 33.0 Å². The zero-order chi connectivity index (χ0) is 17.7. The van der Waals surface area contributed by atoms with E-state index >= 15 is 0 Å². The van der Waals surface area contributed by atoms with Gasteiger partial charge in [-0.3, -0.25) is 4.79 Å². The molecule has 0 aliphatic rings. The largest absolute Gasteiger partial charge is 0.481 e. The molecule has 0 aromatic heterocycles. The molecule has 0 spiro atoms. The molecule has 1 atom stereocenters. The molecule has 0 aliphatic carbocycles. The third-order valence-electron chi connectivity index (χ3n) is 3.92. The zero-order valence-electron chi connectivity index (χ0n) is 14.9. The summed E-state index contributed by atoms with van der Waals surface area (Å²) in [4.78, 5) is 24.8. The lowest BCUT2D eigenvalue weighted by Gasteiger charge is -2.24. The quantitative estimate of drug-likeness (QED) is 0.828. The number of hydrogen-bond acceptors (Lipinski definition) is 2. The predicted molar refractivity (Wildman–Crippen MR) is 93.1 cm³/mol. The van der Waals surface area contributed by atoms with Gasteiger partial charge in [-0.05, 0) is 23.0 Å². The molecule has 1 aromatic carbocycles. The lowest BCUT2D eigenvalue weighted by molar-refractivity contribution is -0.141. The minimum atomic E-state index is -0.907. The SMILES string of the molecule is CC(CN(C)C(=O)Nc1c(C(C)C)cccc1C(C)C)C(=O)O. The number of anilines is 1. The minimum Gasteiger partial charge on any atom is -0.481 e. The van der Waals surface area contributed by atoms with Crippen LogP contribution in [0, 0.1) is 5.92 Å². The summed E-state index contributed by atoms with van der Waals surface area (Å²) in [7, 11) is 1.61. The number of benzene rings is 1. The van der Waals surface area contributed by atoms with Crippen molar-refractivity contribution in [2.24, 2.45) is 5.92 Å². The number of amides is 2. The van der Waals surface area contributed by atoms with E-state index in [0.717, 1.165) is 16.8 Å². The van der Waals surface area contributed by atoms with Crippen molar-refractivity contribution in [2.75, 3.05) is 18.9 Å². The maximum absolute atomic E-state index is 12.4. The maximum Gasteiger partial charge on any atom is 0.321 e. The molecule has 2 amide bonds. The average molecular weight is 320 g/mol. The molecule has 0 saturated heterocycles. The van der Waals surface area contributed by atoms with Gasteiger partial charge in [0.25, 0.3) is 0 Å². The van der Waals surface area contributed by atoms with Crippen LogP contribution in [0.15, 0.2) is 18.2 Å². The summed E-state index contributed by atoms with van der Waals surface area (Å²) in [5.41, 5.74) is 3.02. The highest BCUT2D eigenvalue weighted by Gasteiger charge is 2.20. The Hall–Kier alpha value is -2.04. The number of carboxylic acids is 1. The first-order chi connectivity index (χ1) is 10.6. The standard InChI is InChI=1S/C18H28N2O3/c1-11(2)14-8-7-9-15(12(3)4)16(14)19-18(23)20(6)10-13(5)17(21)22/h7-9,11-13H,10H2,1-6H3,(H,19,23)(H,21,22). The van der Waals surface area contributed by atoms with Crippen LogP contribution in [0.2, 0.25) is 0 Å². The van der Waals surface area contributed by atoms with E-state index < -0.39 is 11.9 Å². The molecule has 0 heterocycles. The third kappa shape index (κ3) is 4.98. The summed E-state index contributed by atoms with van der Waals surface area (Å²) in [6.07, 6.45) is 0. The molecule has 1 aromatic rings. The van der Waals surface area contributed by atoms with Crippen LogP contribution < -0.4 is 5.32 Å². The van der Waals surface area contributed by atoms with Gasteiger partial charge >= 0.3 is 12.0 Å². The van der Waals surface area contributed by atoms with Crippen molar-refractivity contribution in [3.8, 4) is 0 Å². The maximum atomic E-state index is 12.4. The number of carbonyl (C=O) groups is 2. The first-order valence-electron chi connectivity index (χ1n) is 8.02. The lowest BCUT2D eigenvalue weighted by Crippen LogP contribution is -2.37. The van der Waals surface area contributed by atoms with Crippen LogP contribution in [-0.2, 0) is 4.79 Å².